The highest BCUT2D eigenvalue weighted by Gasteiger charge is 2.30. The Labute approximate surface area is 180 Å². The van der Waals surface area contributed by atoms with E-state index in [2.05, 4.69) is 62.2 Å². The standard InChI is InChI=1S/C25H32N4O/c30-25(23-11-15-28(16-12-23)21-24-10-4-5-13-26-24)29-19-17-27(18-20-29)14-6-9-22-7-2-1-3-8-22/h1-10,13,23H,11-12,14-21H2/b9-6+. The molecule has 1 aromatic heterocycles. The first-order valence-corrected chi connectivity index (χ1v) is 11.1. The SMILES string of the molecule is O=C(C1CCN(Cc2ccccn2)CC1)N1CCN(C/C=C/c2ccccc2)CC1. The van der Waals surface area contributed by atoms with Crippen molar-refractivity contribution in [1.82, 2.24) is 19.7 Å². The van der Waals surface area contributed by atoms with Crippen molar-refractivity contribution in [3.05, 3.63) is 72.1 Å². The Balaban J connectivity index is 1.17. The van der Waals surface area contributed by atoms with Crippen molar-refractivity contribution in [2.45, 2.75) is 19.4 Å². The van der Waals surface area contributed by atoms with Gasteiger partial charge in [0.05, 0.1) is 5.69 Å². The molecule has 0 bridgehead atoms. The van der Waals surface area contributed by atoms with Gasteiger partial charge in [-0.05, 0) is 43.6 Å². The third-order valence-corrected chi connectivity index (χ3v) is 6.21. The van der Waals surface area contributed by atoms with E-state index in [0.717, 1.165) is 70.9 Å². The molecular weight excluding hydrogens is 372 g/mol. The van der Waals surface area contributed by atoms with Crippen molar-refractivity contribution in [2.75, 3.05) is 45.8 Å². The number of amides is 1. The summed E-state index contributed by atoms with van der Waals surface area (Å²) in [5, 5.41) is 0. The lowest BCUT2D eigenvalue weighted by molar-refractivity contribution is -0.138. The van der Waals surface area contributed by atoms with Crippen molar-refractivity contribution >= 4 is 12.0 Å². The molecule has 4 rings (SSSR count). The van der Waals surface area contributed by atoms with Crippen LogP contribution in [0.15, 0.2) is 60.8 Å². The van der Waals surface area contributed by atoms with Crippen LogP contribution in [0.25, 0.3) is 6.08 Å². The molecule has 3 heterocycles. The number of piperidine rings is 1. The second kappa shape index (κ2) is 10.5. The van der Waals surface area contributed by atoms with E-state index in [4.69, 9.17) is 0 Å². The van der Waals surface area contributed by atoms with E-state index in [1.807, 2.05) is 24.4 Å². The summed E-state index contributed by atoms with van der Waals surface area (Å²) in [6.07, 6.45) is 8.18. The number of carbonyl (C=O) groups excluding carboxylic acids is 1. The van der Waals surface area contributed by atoms with Crippen LogP contribution >= 0.6 is 0 Å². The van der Waals surface area contributed by atoms with Gasteiger partial charge in [-0.1, -0.05) is 48.6 Å². The smallest absolute Gasteiger partial charge is 0.225 e. The Morgan fingerprint density at radius 1 is 0.900 bits per heavy atom. The number of pyridine rings is 1. The summed E-state index contributed by atoms with van der Waals surface area (Å²) in [4.78, 5) is 24.3. The molecule has 2 fully saturated rings. The van der Waals surface area contributed by atoms with Gasteiger partial charge in [-0.15, -0.1) is 0 Å². The number of hydrogen-bond donors (Lipinski definition) is 0. The maximum absolute atomic E-state index is 13.0. The number of likely N-dealkylation sites (tertiary alicyclic amines) is 1. The van der Waals surface area contributed by atoms with Gasteiger partial charge >= 0.3 is 0 Å². The molecular formula is C25H32N4O. The normalized spacial score (nSPS) is 19.4. The van der Waals surface area contributed by atoms with E-state index in [9.17, 15) is 4.79 Å². The second-order valence-electron chi connectivity index (χ2n) is 8.31. The molecule has 1 aromatic carbocycles. The molecule has 0 saturated carbocycles. The second-order valence-corrected chi connectivity index (χ2v) is 8.31. The van der Waals surface area contributed by atoms with Crippen LogP contribution in [0.2, 0.25) is 0 Å². The van der Waals surface area contributed by atoms with Gasteiger partial charge in [0.2, 0.25) is 5.91 Å². The topological polar surface area (TPSA) is 39.7 Å². The number of aromatic nitrogens is 1. The third-order valence-electron chi connectivity index (χ3n) is 6.21. The molecule has 0 atom stereocenters. The summed E-state index contributed by atoms with van der Waals surface area (Å²) in [6.45, 7) is 7.43. The van der Waals surface area contributed by atoms with E-state index in [1.165, 1.54) is 5.56 Å². The van der Waals surface area contributed by atoms with Gasteiger partial charge in [0.25, 0.3) is 0 Å². The maximum Gasteiger partial charge on any atom is 0.225 e. The minimum Gasteiger partial charge on any atom is -0.340 e. The maximum atomic E-state index is 13.0. The quantitative estimate of drug-likeness (QED) is 0.742. The van der Waals surface area contributed by atoms with Crippen LogP contribution in [0.1, 0.15) is 24.1 Å². The minimum atomic E-state index is 0.189. The van der Waals surface area contributed by atoms with E-state index < -0.39 is 0 Å². The molecule has 30 heavy (non-hydrogen) atoms. The largest absolute Gasteiger partial charge is 0.340 e. The Morgan fingerprint density at radius 2 is 1.63 bits per heavy atom. The van der Waals surface area contributed by atoms with Gasteiger partial charge in [0, 0.05) is 51.4 Å². The molecule has 1 amide bonds. The predicted octanol–water partition coefficient (Wildman–Crippen LogP) is 3.15. The zero-order valence-electron chi connectivity index (χ0n) is 17.7. The zero-order valence-corrected chi connectivity index (χ0v) is 17.7. The van der Waals surface area contributed by atoms with Crippen molar-refractivity contribution in [3.8, 4) is 0 Å². The van der Waals surface area contributed by atoms with Crippen LogP contribution in [0.5, 0.6) is 0 Å². The molecule has 5 heteroatoms. The number of nitrogens with zero attached hydrogens (tertiary/aromatic N) is 4. The number of carbonyl (C=O) groups is 1. The lowest BCUT2D eigenvalue weighted by Gasteiger charge is -2.38. The van der Waals surface area contributed by atoms with Gasteiger partial charge in [-0.25, -0.2) is 0 Å². The highest BCUT2D eigenvalue weighted by atomic mass is 16.2. The molecule has 0 N–H and O–H groups in total. The van der Waals surface area contributed by atoms with E-state index in [0.29, 0.717) is 5.91 Å². The lowest BCUT2D eigenvalue weighted by Crippen LogP contribution is -2.51. The zero-order chi connectivity index (χ0) is 20.6. The van der Waals surface area contributed by atoms with Gasteiger partial charge in [0.1, 0.15) is 0 Å². The summed E-state index contributed by atoms with van der Waals surface area (Å²) in [7, 11) is 0. The predicted molar refractivity (Wildman–Crippen MR) is 121 cm³/mol. The molecule has 0 radical (unpaired) electrons. The molecule has 0 unspecified atom stereocenters. The molecule has 0 aliphatic carbocycles. The van der Waals surface area contributed by atoms with Crippen LogP contribution in [0.4, 0.5) is 0 Å². The summed E-state index contributed by atoms with van der Waals surface area (Å²) < 4.78 is 0. The number of hydrogen-bond acceptors (Lipinski definition) is 4. The summed E-state index contributed by atoms with van der Waals surface area (Å²) >= 11 is 0. The van der Waals surface area contributed by atoms with Gasteiger partial charge < -0.3 is 4.90 Å². The van der Waals surface area contributed by atoms with Crippen molar-refractivity contribution in [2.24, 2.45) is 5.92 Å². The molecule has 2 aromatic rings. The number of rotatable bonds is 6. The molecule has 2 aliphatic heterocycles. The third kappa shape index (κ3) is 5.77. The van der Waals surface area contributed by atoms with Crippen LogP contribution in [-0.4, -0.2) is 71.4 Å². The molecule has 2 aliphatic rings. The summed E-state index contributed by atoms with van der Waals surface area (Å²) in [5.41, 5.74) is 2.35. The fraction of sp³-hybridized carbons (Fsp3) is 0.440. The van der Waals surface area contributed by atoms with E-state index >= 15 is 0 Å². The number of benzene rings is 1. The Hall–Kier alpha value is -2.50. The molecule has 158 valence electrons. The van der Waals surface area contributed by atoms with Crippen LogP contribution in [0.3, 0.4) is 0 Å². The first-order chi connectivity index (χ1) is 14.8. The first kappa shape index (κ1) is 20.8. The van der Waals surface area contributed by atoms with Gasteiger partial charge in [-0.2, -0.15) is 0 Å². The fourth-order valence-electron chi connectivity index (χ4n) is 4.37. The highest BCUT2D eigenvalue weighted by molar-refractivity contribution is 5.79. The van der Waals surface area contributed by atoms with Crippen LogP contribution in [-0.2, 0) is 11.3 Å². The van der Waals surface area contributed by atoms with Gasteiger partial charge in [0.15, 0.2) is 0 Å². The lowest BCUT2D eigenvalue weighted by atomic mass is 9.95. The van der Waals surface area contributed by atoms with Crippen LogP contribution < -0.4 is 0 Å². The Morgan fingerprint density at radius 3 is 2.33 bits per heavy atom. The Kier molecular flexibility index (Phi) is 7.27. The fourth-order valence-corrected chi connectivity index (χ4v) is 4.37. The number of piperazine rings is 1. The van der Waals surface area contributed by atoms with Gasteiger partial charge in [-0.3, -0.25) is 19.6 Å². The van der Waals surface area contributed by atoms with Crippen molar-refractivity contribution in [1.29, 1.82) is 0 Å². The minimum absolute atomic E-state index is 0.189. The average Bonchev–Trinajstić information content (AvgIpc) is 2.81. The van der Waals surface area contributed by atoms with Crippen LogP contribution in [0, 0.1) is 5.92 Å². The molecule has 2 saturated heterocycles. The first-order valence-electron chi connectivity index (χ1n) is 11.1. The van der Waals surface area contributed by atoms with E-state index in [-0.39, 0.29) is 5.92 Å². The van der Waals surface area contributed by atoms with Crippen molar-refractivity contribution in [3.63, 3.8) is 0 Å². The Bertz CT molecular complexity index is 808. The summed E-state index contributed by atoms with van der Waals surface area (Å²) in [6, 6.07) is 16.5. The highest BCUT2D eigenvalue weighted by Crippen LogP contribution is 2.21. The summed E-state index contributed by atoms with van der Waals surface area (Å²) in [5.74, 6) is 0.557. The molecule has 5 nitrogen and oxygen atoms in total. The monoisotopic (exact) mass is 404 g/mol. The average molecular weight is 405 g/mol. The molecule has 0 spiro atoms. The van der Waals surface area contributed by atoms with E-state index in [1.54, 1.807) is 0 Å². The van der Waals surface area contributed by atoms with Crippen molar-refractivity contribution < 1.29 is 4.79 Å².